The third-order valence-corrected chi connectivity index (χ3v) is 4.93. The predicted octanol–water partition coefficient (Wildman–Crippen LogP) is 4.20. The minimum Gasteiger partial charge on any atom is -0.497 e. The Kier molecular flexibility index (Phi) is 3.98. The Labute approximate surface area is 148 Å². The molecule has 2 heterocycles. The van der Waals surface area contributed by atoms with Crippen LogP contribution in [0.4, 0.5) is 5.95 Å². The first-order chi connectivity index (χ1) is 11.7. The summed E-state index contributed by atoms with van der Waals surface area (Å²) in [6, 6.07) is 16.9. The van der Waals surface area contributed by atoms with Gasteiger partial charge < -0.3 is 10.1 Å². The van der Waals surface area contributed by atoms with Crippen molar-refractivity contribution in [3.8, 4) is 5.75 Å². The van der Waals surface area contributed by atoms with Gasteiger partial charge in [-0.05, 0) is 41.8 Å². The summed E-state index contributed by atoms with van der Waals surface area (Å²) in [5.74, 6) is 1.66. The van der Waals surface area contributed by atoms with Crippen LogP contribution in [0.15, 0.2) is 59.3 Å². The lowest BCUT2D eigenvalue weighted by Gasteiger charge is -2.31. The van der Waals surface area contributed by atoms with E-state index in [0.717, 1.165) is 22.6 Å². The number of nitrogens with zero attached hydrogens (tertiary/aromatic N) is 3. The molecule has 24 heavy (non-hydrogen) atoms. The van der Waals surface area contributed by atoms with Gasteiger partial charge in [0.15, 0.2) is 0 Å². The number of halogens is 1. The van der Waals surface area contributed by atoms with E-state index in [4.69, 9.17) is 4.74 Å². The largest absolute Gasteiger partial charge is 0.497 e. The van der Waals surface area contributed by atoms with E-state index in [2.05, 4.69) is 67.7 Å². The van der Waals surface area contributed by atoms with Crippen molar-refractivity contribution in [3.63, 3.8) is 0 Å². The second-order valence-corrected chi connectivity index (χ2v) is 6.72. The highest BCUT2D eigenvalue weighted by atomic mass is 79.9. The van der Waals surface area contributed by atoms with Crippen molar-refractivity contribution in [2.45, 2.75) is 18.5 Å². The molecule has 4 rings (SSSR count). The molecule has 0 fully saturated rings. The topological polar surface area (TPSA) is 52.0 Å². The minimum atomic E-state index is 0.142. The first-order valence-corrected chi connectivity index (χ1v) is 8.59. The standard InChI is InChI=1S/C18H17BrN4O/c1-24-15-8-4-13(5-9-15)17-10-16(12-2-6-14(19)7-3-12)22-18-20-11-21-23(17)18/h2-9,11,16-17H,10H2,1H3,(H,20,21,22)/t16-,17-/m1/s1. The monoisotopic (exact) mass is 384 g/mol. The quantitative estimate of drug-likeness (QED) is 0.735. The fourth-order valence-electron chi connectivity index (χ4n) is 3.14. The van der Waals surface area contributed by atoms with Crippen LogP contribution in [-0.2, 0) is 0 Å². The molecule has 0 radical (unpaired) electrons. The molecule has 0 bridgehead atoms. The molecule has 0 spiro atoms. The number of rotatable bonds is 3. The van der Waals surface area contributed by atoms with Gasteiger partial charge in [0.1, 0.15) is 12.1 Å². The molecule has 122 valence electrons. The molecule has 1 aromatic heterocycles. The summed E-state index contributed by atoms with van der Waals surface area (Å²) in [6.45, 7) is 0. The molecule has 0 amide bonds. The van der Waals surface area contributed by atoms with Crippen LogP contribution < -0.4 is 10.1 Å². The number of hydrogen-bond acceptors (Lipinski definition) is 4. The van der Waals surface area contributed by atoms with Crippen molar-refractivity contribution in [1.82, 2.24) is 14.8 Å². The highest BCUT2D eigenvalue weighted by Gasteiger charge is 2.29. The summed E-state index contributed by atoms with van der Waals surface area (Å²) >= 11 is 3.49. The van der Waals surface area contributed by atoms with E-state index in [-0.39, 0.29) is 12.1 Å². The highest BCUT2D eigenvalue weighted by Crippen LogP contribution is 2.37. The highest BCUT2D eigenvalue weighted by molar-refractivity contribution is 9.10. The van der Waals surface area contributed by atoms with Crippen LogP contribution in [0.2, 0.25) is 0 Å². The third kappa shape index (κ3) is 2.78. The second kappa shape index (κ2) is 6.28. The Bertz CT molecular complexity index is 829. The van der Waals surface area contributed by atoms with E-state index >= 15 is 0 Å². The molecule has 1 aliphatic heterocycles. The number of hydrogen-bond donors (Lipinski definition) is 1. The fraction of sp³-hybridized carbons (Fsp3) is 0.222. The molecule has 6 heteroatoms. The number of ether oxygens (including phenoxy) is 1. The summed E-state index contributed by atoms with van der Waals surface area (Å²) in [5.41, 5.74) is 2.44. The van der Waals surface area contributed by atoms with Crippen LogP contribution in [0.25, 0.3) is 0 Å². The van der Waals surface area contributed by atoms with E-state index in [0.29, 0.717) is 0 Å². The van der Waals surface area contributed by atoms with Gasteiger partial charge >= 0.3 is 0 Å². The summed E-state index contributed by atoms with van der Waals surface area (Å²) in [6.07, 6.45) is 2.51. The summed E-state index contributed by atoms with van der Waals surface area (Å²) < 4.78 is 8.30. The number of fused-ring (bicyclic) bond motifs is 1. The molecular formula is C18H17BrN4O. The Morgan fingerprint density at radius 3 is 2.50 bits per heavy atom. The van der Waals surface area contributed by atoms with Gasteiger partial charge in [-0.2, -0.15) is 10.1 Å². The van der Waals surface area contributed by atoms with Gasteiger partial charge in [0.2, 0.25) is 5.95 Å². The molecule has 2 aromatic carbocycles. The summed E-state index contributed by atoms with van der Waals surface area (Å²) in [7, 11) is 1.68. The number of aromatic nitrogens is 3. The second-order valence-electron chi connectivity index (χ2n) is 5.80. The lowest BCUT2D eigenvalue weighted by molar-refractivity contribution is 0.411. The molecule has 3 aromatic rings. The normalized spacial score (nSPS) is 19.4. The van der Waals surface area contributed by atoms with Gasteiger partial charge in [-0.1, -0.05) is 40.2 Å². The molecule has 5 nitrogen and oxygen atoms in total. The molecular weight excluding hydrogens is 368 g/mol. The van der Waals surface area contributed by atoms with Crippen molar-refractivity contribution in [3.05, 3.63) is 70.5 Å². The zero-order valence-electron chi connectivity index (χ0n) is 13.2. The molecule has 1 aliphatic rings. The molecule has 0 saturated carbocycles. The fourth-order valence-corrected chi connectivity index (χ4v) is 3.40. The zero-order valence-corrected chi connectivity index (χ0v) is 14.8. The maximum Gasteiger partial charge on any atom is 0.222 e. The molecule has 1 N–H and O–H groups in total. The van der Waals surface area contributed by atoms with Gasteiger partial charge in [-0.3, -0.25) is 0 Å². The SMILES string of the molecule is COc1ccc([C@H]2C[C@H](c3ccc(Br)cc3)Nc3ncnn32)cc1. The van der Waals surface area contributed by atoms with Crippen molar-refractivity contribution in [2.75, 3.05) is 12.4 Å². The zero-order chi connectivity index (χ0) is 16.5. The van der Waals surface area contributed by atoms with E-state index in [9.17, 15) is 0 Å². The summed E-state index contributed by atoms with van der Waals surface area (Å²) in [4.78, 5) is 4.37. The number of anilines is 1. The Morgan fingerprint density at radius 2 is 1.79 bits per heavy atom. The van der Waals surface area contributed by atoms with Crippen LogP contribution in [0.3, 0.4) is 0 Å². The lowest BCUT2D eigenvalue weighted by atomic mass is 9.93. The number of methoxy groups -OCH3 is 1. The Morgan fingerprint density at radius 1 is 1.08 bits per heavy atom. The molecule has 2 atom stereocenters. The van der Waals surface area contributed by atoms with Gasteiger partial charge in [0, 0.05) is 4.47 Å². The van der Waals surface area contributed by atoms with Crippen LogP contribution in [0.1, 0.15) is 29.6 Å². The minimum absolute atomic E-state index is 0.142. The average molecular weight is 385 g/mol. The lowest BCUT2D eigenvalue weighted by Crippen LogP contribution is -2.28. The first kappa shape index (κ1) is 15.2. The van der Waals surface area contributed by atoms with E-state index in [1.54, 1.807) is 13.4 Å². The van der Waals surface area contributed by atoms with E-state index < -0.39 is 0 Å². The van der Waals surface area contributed by atoms with E-state index in [1.165, 1.54) is 11.1 Å². The van der Waals surface area contributed by atoms with Crippen molar-refractivity contribution >= 4 is 21.9 Å². The maximum absolute atomic E-state index is 5.26. The average Bonchev–Trinajstić information content (AvgIpc) is 3.10. The number of nitrogens with one attached hydrogen (secondary N) is 1. The Balaban J connectivity index is 1.69. The molecule has 0 saturated heterocycles. The van der Waals surface area contributed by atoms with Gasteiger partial charge in [-0.15, -0.1) is 0 Å². The van der Waals surface area contributed by atoms with Crippen LogP contribution in [0.5, 0.6) is 5.75 Å². The van der Waals surface area contributed by atoms with E-state index in [1.807, 2.05) is 16.8 Å². The van der Waals surface area contributed by atoms with Crippen molar-refractivity contribution in [2.24, 2.45) is 0 Å². The van der Waals surface area contributed by atoms with Crippen molar-refractivity contribution in [1.29, 1.82) is 0 Å². The molecule has 0 unspecified atom stereocenters. The van der Waals surface area contributed by atoms with Crippen LogP contribution >= 0.6 is 15.9 Å². The van der Waals surface area contributed by atoms with Crippen molar-refractivity contribution < 1.29 is 4.74 Å². The van der Waals surface area contributed by atoms with Crippen LogP contribution in [0, 0.1) is 0 Å². The summed E-state index contributed by atoms with van der Waals surface area (Å²) in [5, 5.41) is 7.89. The first-order valence-electron chi connectivity index (χ1n) is 7.80. The third-order valence-electron chi connectivity index (χ3n) is 4.40. The Hall–Kier alpha value is -2.34. The number of benzene rings is 2. The van der Waals surface area contributed by atoms with Crippen LogP contribution in [-0.4, -0.2) is 21.9 Å². The predicted molar refractivity (Wildman–Crippen MR) is 96.3 cm³/mol. The molecule has 0 aliphatic carbocycles. The maximum atomic E-state index is 5.26. The van der Waals surface area contributed by atoms with Gasteiger partial charge in [-0.25, -0.2) is 4.68 Å². The smallest absolute Gasteiger partial charge is 0.222 e. The van der Waals surface area contributed by atoms with Gasteiger partial charge in [0.05, 0.1) is 19.2 Å². The van der Waals surface area contributed by atoms with Gasteiger partial charge in [0.25, 0.3) is 0 Å².